The molecule has 0 saturated carbocycles. The SMILES string of the molecule is CNC(=O)[C@H](CC(N)=O)NC(=O)CN(c1ccccc1)S(=O)(=O)c1ccccc1. The molecule has 2 aromatic rings. The first-order chi connectivity index (χ1) is 13.8. The molecule has 9 nitrogen and oxygen atoms in total. The maximum Gasteiger partial charge on any atom is 0.264 e. The maximum absolute atomic E-state index is 13.1. The molecule has 2 aromatic carbocycles. The van der Waals surface area contributed by atoms with Crippen LogP contribution in [-0.4, -0.2) is 45.8 Å². The first-order valence-electron chi connectivity index (χ1n) is 8.67. The lowest BCUT2D eigenvalue weighted by molar-refractivity contribution is -0.130. The van der Waals surface area contributed by atoms with E-state index < -0.39 is 46.8 Å². The zero-order valence-corrected chi connectivity index (χ0v) is 16.6. The minimum atomic E-state index is -4.05. The van der Waals surface area contributed by atoms with Crippen LogP contribution < -0.4 is 20.7 Å². The second kappa shape index (κ2) is 9.69. The van der Waals surface area contributed by atoms with Crippen molar-refractivity contribution in [3.05, 3.63) is 60.7 Å². The van der Waals surface area contributed by atoms with E-state index in [1.807, 2.05) is 0 Å². The molecular weight excluding hydrogens is 396 g/mol. The number of nitrogens with two attached hydrogens (primary N) is 1. The highest BCUT2D eigenvalue weighted by Crippen LogP contribution is 2.23. The van der Waals surface area contributed by atoms with Crippen molar-refractivity contribution in [2.24, 2.45) is 5.73 Å². The lowest BCUT2D eigenvalue weighted by Gasteiger charge is -2.25. The van der Waals surface area contributed by atoms with Gasteiger partial charge in [0.15, 0.2) is 0 Å². The van der Waals surface area contributed by atoms with Crippen molar-refractivity contribution in [1.82, 2.24) is 10.6 Å². The summed E-state index contributed by atoms with van der Waals surface area (Å²) in [5, 5.41) is 4.69. The molecule has 2 rings (SSSR count). The van der Waals surface area contributed by atoms with E-state index in [0.717, 1.165) is 4.31 Å². The van der Waals surface area contributed by atoms with Gasteiger partial charge < -0.3 is 16.4 Å². The Morgan fingerprint density at radius 1 is 1.00 bits per heavy atom. The quantitative estimate of drug-likeness (QED) is 0.526. The van der Waals surface area contributed by atoms with Gasteiger partial charge in [-0.05, 0) is 24.3 Å². The van der Waals surface area contributed by atoms with Crippen LogP contribution in [0, 0.1) is 0 Å². The molecule has 0 radical (unpaired) electrons. The minimum Gasteiger partial charge on any atom is -0.370 e. The van der Waals surface area contributed by atoms with Crippen LogP contribution in [0.2, 0.25) is 0 Å². The average Bonchev–Trinajstić information content (AvgIpc) is 2.71. The molecule has 0 fully saturated rings. The third-order valence-corrected chi connectivity index (χ3v) is 5.75. The van der Waals surface area contributed by atoms with E-state index in [4.69, 9.17) is 5.73 Å². The van der Waals surface area contributed by atoms with Crippen molar-refractivity contribution in [2.75, 3.05) is 17.9 Å². The van der Waals surface area contributed by atoms with E-state index in [0.29, 0.717) is 0 Å². The Labute approximate surface area is 168 Å². The lowest BCUT2D eigenvalue weighted by Crippen LogP contribution is -2.51. The van der Waals surface area contributed by atoms with Gasteiger partial charge in [0.25, 0.3) is 10.0 Å². The van der Waals surface area contributed by atoms with Crippen LogP contribution in [0.1, 0.15) is 6.42 Å². The molecule has 10 heteroatoms. The van der Waals surface area contributed by atoms with E-state index in [2.05, 4.69) is 10.6 Å². The highest BCUT2D eigenvalue weighted by Gasteiger charge is 2.29. The second-order valence-corrected chi connectivity index (χ2v) is 7.93. The highest BCUT2D eigenvalue weighted by atomic mass is 32.2. The zero-order valence-electron chi connectivity index (χ0n) is 15.7. The van der Waals surface area contributed by atoms with Gasteiger partial charge in [0, 0.05) is 7.05 Å². The molecule has 1 atom stereocenters. The van der Waals surface area contributed by atoms with Gasteiger partial charge in [0.1, 0.15) is 12.6 Å². The van der Waals surface area contributed by atoms with E-state index in [1.165, 1.54) is 19.2 Å². The van der Waals surface area contributed by atoms with Crippen LogP contribution >= 0.6 is 0 Å². The van der Waals surface area contributed by atoms with Crippen LogP contribution in [0.3, 0.4) is 0 Å². The number of primary amides is 1. The summed E-state index contributed by atoms with van der Waals surface area (Å²) in [6.07, 6.45) is -0.414. The molecule has 0 aliphatic carbocycles. The molecule has 0 spiro atoms. The number of para-hydroxylation sites is 1. The molecule has 0 saturated heterocycles. The molecular formula is C19H22N4O5S. The average molecular weight is 418 g/mol. The molecule has 154 valence electrons. The molecule has 29 heavy (non-hydrogen) atoms. The largest absolute Gasteiger partial charge is 0.370 e. The second-order valence-electron chi connectivity index (χ2n) is 6.07. The number of carbonyl (C=O) groups is 3. The van der Waals surface area contributed by atoms with Crippen LogP contribution in [0.4, 0.5) is 5.69 Å². The Hall–Kier alpha value is -3.40. The predicted molar refractivity (Wildman–Crippen MR) is 107 cm³/mol. The summed E-state index contributed by atoms with van der Waals surface area (Å²) in [4.78, 5) is 35.7. The number of amides is 3. The fraction of sp³-hybridized carbons (Fsp3) is 0.211. The first-order valence-corrected chi connectivity index (χ1v) is 10.1. The van der Waals surface area contributed by atoms with Gasteiger partial charge in [-0.25, -0.2) is 8.42 Å². The van der Waals surface area contributed by atoms with Crippen LogP contribution in [0.5, 0.6) is 0 Å². The minimum absolute atomic E-state index is 0.0108. The van der Waals surface area contributed by atoms with Crippen LogP contribution in [0.15, 0.2) is 65.6 Å². The van der Waals surface area contributed by atoms with Crippen molar-refractivity contribution in [2.45, 2.75) is 17.4 Å². The van der Waals surface area contributed by atoms with Gasteiger partial charge in [-0.3, -0.25) is 18.7 Å². The molecule has 3 amide bonds. The number of likely N-dealkylation sites (N-methyl/N-ethyl adjacent to an activating group) is 1. The van der Waals surface area contributed by atoms with E-state index in [9.17, 15) is 22.8 Å². The third kappa shape index (κ3) is 5.79. The Morgan fingerprint density at radius 3 is 2.07 bits per heavy atom. The number of hydrogen-bond donors (Lipinski definition) is 3. The van der Waals surface area contributed by atoms with Crippen LogP contribution in [0.25, 0.3) is 0 Å². The zero-order chi connectivity index (χ0) is 21.4. The lowest BCUT2D eigenvalue weighted by atomic mass is 10.2. The molecule has 0 unspecified atom stereocenters. The monoisotopic (exact) mass is 418 g/mol. The molecule has 0 bridgehead atoms. The summed E-state index contributed by atoms with van der Waals surface area (Å²) in [6, 6.07) is 14.6. The normalized spacial score (nSPS) is 11.9. The third-order valence-electron chi connectivity index (χ3n) is 3.97. The Kier molecular flexibility index (Phi) is 7.32. The van der Waals surface area contributed by atoms with E-state index >= 15 is 0 Å². The van der Waals surface area contributed by atoms with E-state index in [-0.39, 0.29) is 10.6 Å². The number of hydrogen-bond acceptors (Lipinski definition) is 5. The summed E-state index contributed by atoms with van der Waals surface area (Å²) < 4.78 is 27.2. The van der Waals surface area contributed by atoms with E-state index in [1.54, 1.807) is 48.5 Å². The van der Waals surface area contributed by atoms with Crippen LogP contribution in [-0.2, 0) is 24.4 Å². The Balaban J connectivity index is 2.32. The first kappa shape index (κ1) is 21.9. The molecule has 0 aromatic heterocycles. The fourth-order valence-corrected chi connectivity index (χ4v) is 4.03. The van der Waals surface area contributed by atoms with Gasteiger partial charge in [-0.1, -0.05) is 36.4 Å². The number of nitrogens with zero attached hydrogens (tertiary/aromatic N) is 1. The van der Waals surface area contributed by atoms with Crippen molar-refractivity contribution < 1.29 is 22.8 Å². The summed E-state index contributed by atoms with van der Waals surface area (Å²) in [7, 11) is -2.71. The number of rotatable bonds is 9. The summed E-state index contributed by atoms with van der Waals surface area (Å²) in [5.74, 6) is -2.16. The summed E-state index contributed by atoms with van der Waals surface area (Å²) in [5.41, 5.74) is 5.40. The van der Waals surface area contributed by atoms with Crippen molar-refractivity contribution in [3.8, 4) is 0 Å². The topological polar surface area (TPSA) is 139 Å². The maximum atomic E-state index is 13.1. The number of nitrogens with one attached hydrogen (secondary N) is 2. The number of benzene rings is 2. The fourth-order valence-electron chi connectivity index (χ4n) is 2.58. The van der Waals surface area contributed by atoms with Crippen molar-refractivity contribution in [3.63, 3.8) is 0 Å². The van der Waals surface area contributed by atoms with Crippen molar-refractivity contribution >= 4 is 33.4 Å². The Bertz CT molecular complexity index is 965. The molecule has 0 heterocycles. The van der Waals surface area contributed by atoms with Gasteiger partial charge >= 0.3 is 0 Å². The predicted octanol–water partition coefficient (Wildman–Crippen LogP) is -0.0119. The standard InChI is InChI=1S/C19H22N4O5S/c1-21-19(26)16(12-17(20)24)22-18(25)13-23(14-8-4-2-5-9-14)29(27,28)15-10-6-3-7-11-15/h2-11,16H,12-13H2,1H3,(H2,20,24)(H,21,26)(H,22,25)/t16-/m0/s1. The molecule has 0 aliphatic heterocycles. The van der Waals surface area contributed by atoms with Gasteiger partial charge in [-0.15, -0.1) is 0 Å². The van der Waals surface area contributed by atoms with Gasteiger partial charge in [0.05, 0.1) is 17.0 Å². The smallest absolute Gasteiger partial charge is 0.264 e. The number of carbonyl (C=O) groups excluding carboxylic acids is 3. The number of sulfonamides is 1. The van der Waals surface area contributed by atoms with Gasteiger partial charge in [0.2, 0.25) is 17.7 Å². The number of anilines is 1. The Morgan fingerprint density at radius 2 is 1.55 bits per heavy atom. The van der Waals surface area contributed by atoms with Crippen molar-refractivity contribution in [1.29, 1.82) is 0 Å². The molecule has 4 N–H and O–H groups in total. The summed E-state index contributed by atoms with van der Waals surface area (Å²) in [6.45, 7) is -0.590. The highest BCUT2D eigenvalue weighted by molar-refractivity contribution is 7.92. The molecule has 0 aliphatic rings. The van der Waals surface area contributed by atoms with Gasteiger partial charge in [-0.2, -0.15) is 0 Å². The summed E-state index contributed by atoms with van der Waals surface area (Å²) >= 11 is 0.